The molecule has 6 nitrogen and oxygen atoms in total. The molecule has 1 aliphatic rings. The second kappa shape index (κ2) is 6.25. The Morgan fingerprint density at radius 1 is 1.11 bits per heavy atom. The number of anilines is 1. The van der Waals surface area contributed by atoms with E-state index in [9.17, 15) is 18.4 Å². The van der Waals surface area contributed by atoms with E-state index in [-0.39, 0.29) is 0 Å². The molecule has 9 heteroatoms. The lowest BCUT2D eigenvalue weighted by Gasteiger charge is -2.28. The van der Waals surface area contributed by atoms with E-state index in [0.717, 1.165) is 12.1 Å². The molecular weight excluding hydrogens is 357 g/mol. The maximum Gasteiger partial charge on any atom is 0.416 e. The summed E-state index contributed by atoms with van der Waals surface area (Å²) in [6.07, 6.45) is 0.770. The van der Waals surface area contributed by atoms with Gasteiger partial charge in [-0.05, 0) is 36.4 Å². The number of nitrogens with zero attached hydrogens (tertiary/aromatic N) is 6. The third-order valence-electron chi connectivity index (χ3n) is 4.15. The molecule has 0 atom stereocenters. The van der Waals surface area contributed by atoms with Crippen LogP contribution in [0.3, 0.4) is 0 Å². The number of benzene rings is 1. The van der Waals surface area contributed by atoms with Crippen LogP contribution in [-0.2, 0) is 12.6 Å². The largest absolute Gasteiger partial charge is 0.416 e. The molecule has 134 valence electrons. The molecule has 0 radical (unpaired) electrons. The third-order valence-corrected chi connectivity index (χ3v) is 4.15. The molecular formula is C18H11F3N6. The second-order valence-corrected chi connectivity index (χ2v) is 5.82. The summed E-state index contributed by atoms with van der Waals surface area (Å²) < 4.78 is 40.1. The van der Waals surface area contributed by atoms with E-state index in [0.29, 0.717) is 34.8 Å². The molecule has 0 aliphatic carbocycles. The normalized spacial score (nSPS) is 13.7. The van der Waals surface area contributed by atoms with Crippen LogP contribution in [0.4, 0.5) is 18.9 Å². The topological polar surface area (TPSA) is 70.6 Å². The lowest BCUT2D eigenvalue weighted by molar-refractivity contribution is -0.137. The van der Waals surface area contributed by atoms with Gasteiger partial charge in [0.1, 0.15) is 12.4 Å². The number of halogens is 3. The van der Waals surface area contributed by atoms with Gasteiger partial charge in [0.05, 0.1) is 22.5 Å². The van der Waals surface area contributed by atoms with Gasteiger partial charge in [0, 0.05) is 24.4 Å². The van der Waals surface area contributed by atoms with Gasteiger partial charge in [0.15, 0.2) is 5.82 Å². The summed E-state index contributed by atoms with van der Waals surface area (Å²) in [6, 6.07) is 10.2. The van der Waals surface area contributed by atoms with Crippen molar-refractivity contribution < 1.29 is 13.2 Å². The van der Waals surface area contributed by atoms with Crippen LogP contribution in [0.25, 0.3) is 5.57 Å². The van der Waals surface area contributed by atoms with E-state index in [2.05, 4.69) is 21.3 Å². The van der Waals surface area contributed by atoms with Crippen molar-refractivity contribution in [2.45, 2.75) is 12.6 Å². The second-order valence-electron chi connectivity index (χ2n) is 5.82. The minimum Gasteiger partial charge on any atom is -0.255 e. The van der Waals surface area contributed by atoms with Crippen LogP contribution in [0.15, 0.2) is 55.1 Å². The van der Waals surface area contributed by atoms with Crippen LogP contribution in [0.1, 0.15) is 22.6 Å². The van der Waals surface area contributed by atoms with Crippen LogP contribution in [0, 0.1) is 11.3 Å². The molecule has 4 rings (SSSR count). The number of allylic oxidation sites excluding steroid dienone is 1. The summed E-state index contributed by atoms with van der Waals surface area (Å²) in [5, 5.41) is 18.9. The van der Waals surface area contributed by atoms with Gasteiger partial charge in [-0.3, -0.25) is 9.99 Å². The van der Waals surface area contributed by atoms with Crippen molar-refractivity contribution in [2.24, 2.45) is 0 Å². The van der Waals surface area contributed by atoms with Gasteiger partial charge in [-0.15, -0.1) is 10.2 Å². The average molecular weight is 368 g/mol. The first-order chi connectivity index (χ1) is 13.0. The van der Waals surface area contributed by atoms with Gasteiger partial charge in [-0.1, -0.05) is 0 Å². The van der Waals surface area contributed by atoms with E-state index in [4.69, 9.17) is 0 Å². The number of aromatic nitrogens is 4. The van der Waals surface area contributed by atoms with Crippen LogP contribution in [0.2, 0.25) is 0 Å². The third kappa shape index (κ3) is 3.01. The fourth-order valence-corrected chi connectivity index (χ4v) is 2.87. The first-order valence-electron chi connectivity index (χ1n) is 7.89. The molecule has 2 aromatic heterocycles. The van der Waals surface area contributed by atoms with Crippen molar-refractivity contribution in [2.75, 3.05) is 5.01 Å². The highest BCUT2D eigenvalue weighted by Crippen LogP contribution is 2.32. The number of rotatable bonds is 2. The smallest absolute Gasteiger partial charge is 0.255 e. The Labute approximate surface area is 151 Å². The van der Waals surface area contributed by atoms with Crippen molar-refractivity contribution in [3.63, 3.8) is 0 Å². The fourth-order valence-electron chi connectivity index (χ4n) is 2.87. The van der Waals surface area contributed by atoms with Crippen LogP contribution in [0.5, 0.6) is 0 Å². The van der Waals surface area contributed by atoms with Crippen molar-refractivity contribution in [1.29, 1.82) is 5.26 Å². The molecule has 27 heavy (non-hydrogen) atoms. The number of nitriles is 1. The highest BCUT2D eigenvalue weighted by molar-refractivity contribution is 5.73. The Hall–Kier alpha value is -3.67. The number of hydrogen-bond donors (Lipinski definition) is 0. The number of pyridine rings is 1. The zero-order valence-electron chi connectivity index (χ0n) is 13.7. The first-order valence-corrected chi connectivity index (χ1v) is 7.89. The Kier molecular flexibility index (Phi) is 3.88. The van der Waals surface area contributed by atoms with Crippen LogP contribution < -0.4 is 5.01 Å². The Bertz CT molecular complexity index is 1060. The number of fused-ring (bicyclic) bond motifs is 1. The lowest BCUT2D eigenvalue weighted by atomic mass is 10.0. The number of hydrogen-bond acceptors (Lipinski definition) is 5. The van der Waals surface area contributed by atoms with Crippen molar-refractivity contribution >= 4 is 11.3 Å². The molecule has 0 N–H and O–H groups in total. The summed E-state index contributed by atoms with van der Waals surface area (Å²) in [4.78, 5) is 4.28. The maximum absolute atomic E-state index is 12.8. The molecule has 0 spiro atoms. The van der Waals surface area contributed by atoms with E-state index in [1.54, 1.807) is 34.2 Å². The minimum absolute atomic E-state index is 0.392. The van der Waals surface area contributed by atoms with E-state index >= 15 is 0 Å². The molecule has 1 aliphatic heterocycles. The molecule has 3 heterocycles. The first kappa shape index (κ1) is 16.8. The average Bonchev–Trinajstić information content (AvgIpc) is 3.15. The van der Waals surface area contributed by atoms with Crippen LogP contribution >= 0.6 is 0 Å². The molecule has 3 aromatic rings. The predicted molar refractivity (Wildman–Crippen MR) is 90.0 cm³/mol. The van der Waals surface area contributed by atoms with E-state index < -0.39 is 11.7 Å². The summed E-state index contributed by atoms with van der Waals surface area (Å²) in [5.41, 5.74) is 1.39. The fraction of sp³-hybridized carbons (Fsp3) is 0.111. The molecule has 0 saturated heterocycles. The quantitative estimate of drug-likeness (QED) is 0.693. The predicted octanol–water partition coefficient (Wildman–Crippen LogP) is 3.43. The zero-order chi connectivity index (χ0) is 19.0. The van der Waals surface area contributed by atoms with E-state index in [1.807, 2.05) is 0 Å². The summed E-state index contributed by atoms with van der Waals surface area (Å²) in [7, 11) is 0. The molecule has 0 fully saturated rings. The summed E-state index contributed by atoms with van der Waals surface area (Å²) >= 11 is 0. The molecule has 0 amide bonds. The lowest BCUT2D eigenvalue weighted by Crippen LogP contribution is -2.29. The van der Waals surface area contributed by atoms with E-state index in [1.165, 1.54) is 18.5 Å². The summed E-state index contributed by atoms with van der Waals surface area (Å²) in [5.74, 6) is 0.585. The monoisotopic (exact) mass is 368 g/mol. The van der Waals surface area contributed by atoms with Crippen molar-refractivity contribution in [3.05, 3.63) is 77.8 Å². The molecule has 0 bridgehead atoms. The number of alkyl halides is 3. The Morgan fingerprint density at radius 2 is 1.89 bits per heavy atom. The Balaban J connectivity index is 1.79. The maximum atomic E-state index is 12.8. The highest BCUT2D eigenvalue weighted by Gasteiger charge is 2.30. The van der Waals surface area contributed by atoms with Gasteiger partial charge in [0.2, 0.25) is 0 Å². The molecule has 1 aromatic carbocycles. The van der Waals surface area contributed by atoms with Crippen molar-refractivity contribution in [3.8, 4) is 6.07 Å². The molecule has 0 unspecified atom stereocenters. The SMILES string of the molecule is N#Cc1cccnc1C1=CN(c2ccc(C(F)(F)F)cc2)n2cnnc2C1. The van der Waals surface area contributed by atoms with Gasteiger partial charge < -0.3 is 0 Å². The van der Waals surface area contributed by atoms with Crippen molar-refractivity contribution in [1.82, 2.24) is 19.9 Å². The summed E-state index contributed by atoms with van der Waals surface area (Å²) in [6.45, 7) is 0. The van der Waals surface area contributed by atoms with Gasteiger partial charge >= 0.3 is 6.18 Å². The zero-order valence-corrected chi connectivity index (χ0v) is 13.7. The highest BCUT2D eigenvalue weighted by atomic mass is 19.4. The molecule has 0 saturated carbocycles. The minimum atomic E-state index is -4.40. The van der Waals surface area contributed by atoms with Crippen LogP contribution in [-0.4, -0.2) is 19.9 Å². The Morgan fingerprint density at radius 3 is 2.59 bits per heavy atom. The van der Waals surface area contributed by atoms with Gasteiger partial charge in [0.25, 0.3) is 0 Å². The van der Waals surface area contributed by atoms with Gasteiger partial charge in [-0.2, -0.15) is 18.4 Å². The standard InChI is InChI=1S/C18H11F3N6/c19-18(20,21)14-3-5-15(6-4-14)26-10-13(8-16-25-24-11-27(16)26)17-12(9-22)2-1-7-23-17/h1-7,10-11H,8H2. The van der Waals surface area contributed by atoms with Gasteiger partial charge in [-0.25, -0.2) is 4.68 Å².